The Morgan fingerprint density at radius 2 is 2.00 bits per heavy atom. The van der Waals surface area contributed by atoms with Gasteiger partial charge in [0.05, 0.1) is 17.3 Å². The lowest BCUT2D eigenvalue weighted by atomic mass is 10.2. The highest BCUT2D eigenvalue weighted by molar-refractivity contribution is 9.10. The molecule has 1 aromatic heterocycles. The van der Waals surface area contributed by atoms with E-state index in [0.717, 1.165) is 20.4 Å². The Morgan fingerprint density at radius 1 is 1.19 bits per heavy atom. The van der Waals surface area contributed by atoms with Crippen molar-refractivity contribution in [3.8, 4) is 0 Å². The van der Waals surface area contributed by atoms with Crippen LogP contribution in [-0.4, -0.2) is 0 Å². The van der Waals surface area contributed by atoms with Gasteiger partial charge in [0.15, 0.2) is 0 Å². The smallest absolute Gasteiger partial charge is 0.136 e. The van der Waals surface area contributed by atoms with Gasteiger partial charge in [0.25, 0.3) is 0 Å². The van der Waals surface area contributed by atoms with Crippen LogP contribution >= 0.6 is 31.9 Å². The average molecular weight is 345 g/mol. The fourth-order valence-corrected chi connectivity index (χ4v) is 2.37. The molecule has 0 saturated heterocycles. The number of anilines is 1. The summed E-state index contributed by atoms with van der Waals surface area (Å²) in [5, 5.41) is 3.31. The van der Waals surface area contributed by atoms with E-state index in [2.05, 4.69) is 62.3 Å². The lowest BCUT2D eigenvalue weighted by Crippen LogP contribution is -1.99. The zero-order chi connectivity index (χ0) is 11.5. The van der Waals surface area contributed by atoms with E-state index < -0.39 is 0 Å². The van der Waals surface area contributed by atoms with Crippen LogP contribution in [0.1, 0.15) is 11.3 Å². The van der Waals surface area contributed by atoms with Gasteiger partial charge in [-0.1, -0.05) is 6.07 Å². The first-order valence-electron chi connectivity index (χ1n) is 4.88. The molecule has 0 amide bonds. The Labute approximate surface area is 111 Å². The molecule has 1 N–H and O–H groups in total. The maximum Gasteiger partial charge on any atom is 0.136 e. The van der Waals surface area contributed by atoms with E-state index in [9.17, 15) is 0 Å². The van der Waals surface area contributed by atoms with Crippen LogP contribution in [-0.2, 0) is 6.54 Å². The molecule has 0 saturated carbocycles. The molecule has 4 heteroatoms. The second kappa shape index (κ2) is 5.06. The first kappa shape index (κ1) is 11.7. The monoisotopic (exact) mass is 343 g/mol. The Hall–Kier alpha value is -0.740. The molecule has 0 radical (unpaired) electrons. The van der Waals surface area contributed by atoms with Crippen LogP contribution < -0.4 is 5.32 Å². The van der Waals surface area contributed by atoms with Gasteiger partial charge in [-0.2, -0.15) is 0 Å². The topological polar surface area (TPSA) is 25.2 Å². The van der Waals surface area contributed by atoms with E-state index in [0.29, 0.717) is 6.54 Å². The van der Waals surface area contributed by atoms with Gasteiger partial charge in [-0.15, -0.1) is 0 Å². The minimum Gasteiger partial charge on any atom is -0.466 e. The van der Waals surface area contributed by atoms with Crippen molar-refractivity contribution in [1.82, 2.24) is 0 Å². The number of hydrogen-bond donors (Lipinski definition) is 1. The number of aryl methyl sites for hydroxylation is 1. The molecule has 0 bridgehead atoms. The summed E-state index contributed by atoms with van der Waals surface area (Å²) in [5.41, 5.74) is 2.30. The van der Waals surface area contributed by atoms with Crippen LogP contribution in [0.4, 0.5) is 5.69 Å². The summed E-state index contributed by atoms with van der Waals surface area (Å²) in [6.45, 7) is 2.73. The predicted octanol–water partition coefficient (Wildman–Crippen LogP) is 4.73. The van der Waals surface area contributed by atoms with E-state index in [1.54, 1.807) is 6.26 Å². The van der Waals surface area contributed by atoms with Gasteiger partial charge in [0, 0.05) is 10.2 Å². The van der Waals surface area contributed by atoms with E-state index in [1.807, 2.05) is 6.07 Å². The van der Waals surface area contributed by atoms with Crippen LogP contribution in [0.25, 0.3) is 0 Å². The number of halogens is 2. The predicted molar refractivity (Wildman–Crippen MR) is 72.6 cm³/mol. The van der Waals surface area contributed by atoms with Crippen LogP contribution in [0.5, 0.6) is 0 Å². The third-order valence-electron chi connectivity index (χ3n) is 2.26. The zero-order valence-corrected chi connectivity index (χ0v) is 11.9. The molecule has 0 unspecified atom stereocenters. The number of rotatable bonds is 3. The van der Waals surface area contributed by atoms with Gasteiger partial charge in [-0.3, -0.25) is 0 Å². The van der Waals surface area contributed by atoms with Crippen molar-refractivity contribution in [2.45, 2.75) is 13.5 Å². The maximum absolute atomic E-state index is 5.32. The molecule has 0 fully saturated rings. The highest BCUT2D eigenvalue weighted by Crippen LogP contribution is 2.25. The highest BCUT2D eigenvalue weighted by Gasteiger charge is 2.04. The quantitative estimate of drug-likeness (QED) is 0.871. The first-order valence-corrected chi connectivity index (χ1v) is 6.47. The SMILES string of the molecule is Cc1ccc(NCc2occc2Br)c(Br)c1. The minimum atomic E-state index is 0.662. The van der Waals surface area contributed by atoms with Crippen molar-refractivity contribution in [3.63, 3.8) is 0 Å². The van der Waals surface area contributed by atoms with Crippen molar-refractivity contribution in [1.29, 1.82) is 0 Å². The summed E-state index contributed by atoms with van der Waals surface area (Å²) in [6.07, 6.45) is 1.67. The van der Waals surface area contributed by atoms with Crippen molar-refractivity contribution >= 4 is 37.5 Å². The molecule has 2 rings (SSSR count). The van der Waals surface area contributed by atoms with E-state index >= 15 is 0 Å². The highest BCUT2D eigenvalue weighted by atomic mass is 79.9. The van der Waals surface area contributed by atoms with E-state index in [1.165, 1.54) is 5.56 Å². The van der Waals surface area contributed by atoms with Gasteiger partial charge in [-0.05, 0) is 62.5 Å². The first-order chi connectivity index (χ1) is 7.66. The molecule has 0 aliphatic heterocycles. The summed E-state index contributed by atoms with van der Waals surface area (Å²) in [4.78, 5) is 0. The summed E-state index contributed by atoms with van der Waals surface area (Å²) in [5.74, 6) is 0.896. The van der Waals surface area contributed by atoms with Crippen LogP contribution in [0.3, 0.4) is 0 Å². The third kappa shape index (κ3) is 2.68. The molecule has 2 aromatic rings. The standard InChI is InChI=1S/C12H11Br2NO/c1-8-2-3-11(10(14)6-8)15-7-12-9(13)4-5-16-12/h2-6,15H,7H2,1H3. The van der Waals surface area contributed by atoms with Crippen molar-refractivity contribution < 1.29 is 4.42 Å². The molecule has 0 atom stereocenters. The van der Waals surface area contributed by atoms with E-state index in [4.69, 9.17) is 4.42 Å². The zero-order valence-electron chi connectivity index (χ0n) is 8.76. The summed E-state index contributed by atoms with van der Waals surface area (Å²) in [6, 6.07) is 8.10. The van der Waals surface area contributed by atoms with Gasteiger partial charge < -0.3 is 9.73 Å². The number of hydrogen-bond acceptors (Lipinski definition) is 2. The van der Waals surface area contributed by atoms with Gasteiger partial charge in [-0.25, -0.2) is 0 Å². The van der Waals surface area contributed by atoms with Gasteiger partial charge in [0.1, 0.15) is 5.76 Å². The summed E-state index contributed by atoms with van der Waals surface area (Å²) in [7, 11) is 0. The van der Waals surface area contributed by atoms with Crippen molar-refractivity contribution in [3.05, 3.63) is 50.8 Å². The number of nitrogens with one attached hydrogen (secondary N) is 1. The van der Waals surface area contributed by atoms with Crippen LogP contribution in [0.15, 0.2) is 43.9 Å². The molecule has 0 spiro atoms. The van der Waals surface area contributed by atoms with Crippen LogP contribution in [0, 0.1) is 6.92 Å². The molecule has 16 heavy (non-hydrogen) atoms. The van der Waals surface area contributed by atoms with Gasteiger partial charge >= 0.3 is 0 Å². The van der Waals surface area contributed by atoms with Crippen molar-refractivity contribution in [2.75, 3.05) is 5.32 Å². The van der Waals surface area contributed by atoms with Crippen molar-refractivity contribution in [2.24, 2.45) is 0 Å². The minimum absolute atomic E-state index is 0.662. The van der Waals surface area contributed by atoms with Crippen LogP contribution in [0.2, 0.25) is 0 Å². The molecule has 84 valence electrons. The molecule has 0 aliphatic rings. The molecular weight excluding hydrogens is 334 g/mol. The third-order valence-corrected chi connectivity index (χ3v) is 3.62. The Morgan fingerprint density at radius 3 is 2.62 bits per heavy atom. The second-order valence-electron chi connectivity index (χ2n) is 3.53. The molecule has 1 heterocycles. The Bertz CT molecular complexity index is 494. The normalized spacial score (nSPS) is 10.4. The van der Waals surface area contributed by atoms with Gasteiger partial charge in [0.2, 0.25) is 0 Å². The lowest BCUT2D eigenvalue weighted by Gasteiger charge is -2.08. The van der Waals surface area contributed by atoms with E-state index in [-0.39, 0.29) is 0 Å². The average Bonchev–Trinajstić information content (AvgIpc) is 2.63. The maximum atomic E-state index is 5.32. The number of benzene rings is 1. The largest absolute Gasteiger partial charge is 0.466 e. The molecular formula is C12H11Br2NO. The molecule has 2 nitrogen and oxygen atoms in total. The molecule has 1 aromatic carbocycles. The lowest BCUT2D eigenvalue weighted by molar-refractivity contribution is 0.516. The second-order valence-corrected chi connectivity index (χ2v) is 5.24. The molecule has 0 aliphatic carbocycles. The summed E-state index contributed by atoms with van der Waals surface area (Å²) >= 11 is 6.95. The fourth-order valence-electron chi connectivity index (χ4n) is 1.39. The number of furan rings is 1. The fraction of sp³-hybridized carbons (Fsp3) is 0.167. The Balaban J connectivity index is 2.08. The summed E-state index contributed by atoms with van der Waals surface area (Å²) < 4.78 is 7.38. The Kier molecular flexibility index (Phi) is 3.71.